The zero-order valence-electron chi connectivity index (χ0n) is 13.1. The van der Waals surface area contributed by atoms with E-state index in [0.717, 1.165) is 0 Å². The van der Waals surface area contributed by atoms with Crippen LogP contribution in [0.4, 0.5) is 0 Å². The van der Waals surface area contributed by atoms with Crippen LogP contribution < -0.4 is 21.7 Å². The molecule has 1 aliphatic rings. The maximum Gasteiger partial charge on any atom is 0.340 e. The molecule has 25 heavy (non-hydrogen) atoms. The van der Waals surface area contributed by atoms with E-state index in [0.29, 0.717) is 10.6 Å². The highest BCUT2D eigenvalue weighted by Gasteiger charge is 2.39. The van der Waals surface area contributed by atoms with Gasteiger partial charge in [0, 0.05) is 5.02 Å². The maximum atomic E-state index is 12.4. The van der Waals surface area contributed by atoms with Gasteiger partial charge in [-0.3, -0.25) is 14.8 Å². The Morgan fingerprint density at radius 3 is 2.72 bits per heavy atom. The Labute approximate surface area is 146 Å². The third-order valence-electron chi connectivity index (χ3n) is 3.71. The van der Waals surface area contributed by atoms with E-state index >= 15 is 0 Å². The lowest BCUT2D eigenvalue weighted by molar-refractivity contribution is -0.139. The Balaban J connectivity index is 2.32. The highest BCUT2D eigenvalue weighted by atomic mass is 35.5. The van der Waals surface area contributed by atoms with E-state index in [2.05, 4.69) is 9.97 Å². The molecular formula is C16H14ClN3O5. The van der Waals surface area contributed by atoms with Crippen molar-refractivity contribution < 1.29 is 14.3 Å². The average Bonchev–Trinajstić information content (AvgIpc) is 2.53. The summed E-state index contributed by atoms with van der Waals surface area (Å²) in [4.78, 5) is 40.8. The first-order valence-corrected chi connectivity index (χ1v) is 7.77. The van der Waals surface area contributed by atoms with E-state index in [9.17, 15) is 14.4 Å². The molecule has 3 rings (SSSR count). The standard InChI is InChI=1S/C16H14ClN3O5/c1-2-24-15(22)10-9(7-5-3-4-6-8(7)17)11-13(21)19-16(23)20-14(11)25-12(10)18/h3-6,9H,2,18H2,1H3,(H2,19,20,21,23). The number of aromatic amines is 2. The van der Waals surface area contributed by atoms with Gasteiger partial charge < -0.3 is 15.2 Å². The smallest absolute Gasteiger partial charge is 0.340 e. The summed E-state index contributed by atoms with van der Waals surface area (Å²) in [6.45, 7) is 1.75. The molecule has 1 unspecified atom stereocenters. The summed E-state index contributed by atoms with van der Waals surface area (Å²) >= 11 is 6.26. The summed E-state index contributed by atoms with van der Waals surface area (Å²) in [6, 6.07) is 6.68. The van der Waals surface area contributed by atoms with Crippen molar-refractivity contribution in [2.24, 2.45) is 5.73 Å². The van der Waals surface area contributed by atoms with E-state index < -0.39 is 23.1 Å². The van der Waals surface area contributed by atoms with Crippen LogP contribution in [-0.2, 0) is 9.53 Å². The van der Waals surface area contributed by atoms with Crippen LogP contribution in [0.15, 0.2) is 45.3 Å². The van der Waals surface area contributed by atoms with Gasteiger partial charge in [-0.05, 0) is 18.6 Å². The second-order valence-corrected chi connectivity index (χ2v) is 5.61. The molecule has 0 bridgehead atoms. The first-order chi connectivity index (χ1) is 11.9. The normalized spacial score (nSPS) is 16.2. The molecule has 0 saturated carbocycles. The van der Waals surface area contributed by atoms with Crippen molar-refractivity contribution in [2.75, 3.05) is 6.61 Å². The number of hydrogen-bond acceptors (Lipinski definition) is 6. The molecule has 9 heteroatoms. The quantitative estimate of drug-likeness (QED) is 0.697. The lowest BCUT2D eigenvalue weighted by atomic mass is 9.84. The number of fused-ring (bicyclic) bond motifs is 1. The van der Waals surface area contributed by atoms with Gasteiger partial charge in [-0.1, -0.05) is 29.8 Å². The third-order valence-corrected chi connectivity index (χ3v) is 4.05. The molecule has 1 aromatic carbocycles. The predicted octanol–water partition coefficient (Wildman–Crippen LogP) is 0.974. The van der Waals surface area contributed by atoms with Gasteiger partial charge in [0.25, 0.3) is 5.56 Å². The van der Waals surface area contributed by atoms with Crippen LogP contribution in [0.2, 0.25) is 5.02 Å². The second kappa shape index (κ2) is 6.48. The number of benzene rings is 1. The van der Waals surface area contributed by atoms with Crippen LogP contribution in [0, 0.1) is 0 Å². The van der Waals surface area contributed by atoms with Crippen molar-refractivity contribution in [2.45, 2.75) is 12.8 Å². The van der Waals surface area contributed by atoms with Crippen molar-refractivity contribution in [3.63, 3.8) is 0 Å². The SMILES string of the molecule is CCOC(=O)C1=C(N)Oc2[nH]c(=O)[nH]c(=O)c2C1c1ccccc1Cl. The number of H-pyrrole nitrogens is 2. The Hall–Kier alpha value is -3.00. The second-order valence-electron chi connectivity index (χ2n) is 5.21. The van der Waals surface area contributed by atoms with Gasteiger partial charge in [0.05, 0.1) is 18.1 Å². The monoisotopic (exact) mass is 363 g/mol. The van der Waals surface area contributed by atoms with Crippen LogP contribution in [0.1, 0.15) is 24.0 Å². The van der Waals surface area contributed by atoms with Gasteiger partial charge in [0.2, 0.25) is 11.8 Å². The van der Waals surface area contributed by atoms with Gasteiger partial charge in [0.15, 0.2) is 0 Å². The molecule has 0 spiro atoms. The van der Waals surface area contributed by atoms with Crippen molar-refractivity contribution in [3.05, 3.63) is 72.7 Å². The lowest BCUT2D eigenvalue weighted by Crippen LogP contribution is -2.35. The van der Waals surface area contributed by atoms with Gasteiger partial charge in [0.1, 0.15) is 5.57 Å². The number of ether oxygens (including phenoxy) is 2. The molecule has 0 fully saturated rings. The van der Waals surface area contributed by atoms with Crippen molar-refractivity contribution in [1.82, 2.24) is 9.97 Å². The topological polar surface area (TPSA) is 127 Å². The third kappa shape index (κ3) is 2.91. The number of esters is 1. The van der Waals surface area contributed by atoms with Crippen LogP contribution in [-0.4, -0.2) is 22.5 Å². The van der Waals surface area contributed by atoms with Crippen LogP contribution in [0.25, 0.3) is 0 Å². The zero-order valence-corrected chi connectivity index (χ0v) is 13.8. The van der Waals surface area contributed by atoms with Crippen LogP contribution in [0.3, 0.4) is 0 Å². The van der Waals surface area contributed by atoms with E-state index in [4.69, 9.17) is 26.8 Å². The highest BCUT2D eigenvalue weighted by molar-refractivity contribution is 6.31. The summed E-state index contributed by atoms with van der Waals surface area (Å²) in [5, 5.41) is 0.320. The first kappa shape index (κ1) is 16.8. The fraction of sp³-hybridized carbons (Fsp3) is 0.188. The minimum atomic E-state index is -0.947. The molecule has 0 saturated heterocycles. The number of nitrogens with two attached hydrogens (primary N) is 1. The first-order valence-electron chi connectivity index (χ1n) is 7.39. The Morgan fingerprint density at radius 1 is 1.32 bits per heavy atom. The van der Waals surface area contributed by atoms with Crippen molar-refractivity contribution >= 4 is 17.6 Å². The minimum Gasteiger partial charge on any atom is -0.462 e. The van der Waals surface area contributed by atoms with Gasteiger partial charge in [-0.25, -0.2) is 9.59 Å². The number of halogens is 1. The maximum absolute atomic E-state index is 12.4. The molecule has 0 amide bonds. The molecule has 8 nitrogen and oxygen atoms in total. The lowest BCUT2D eigenvalue weighted by Gasteiger charge is -2.27. The summed E-state index contributed by atoms with van der Waals surface area (Å²) < 4.78 is 10.3. The number of carbonyl (C=O) groups is 1. The summed E-state index contributed by atoms with van der Waals surface area (Å²) in [5.74, 6) is -2.08. The van der Waals surface area contributed by atoms with E-state index in [1.54, 1.807) is 31.2 Å². The molecule has 0 radical (unpaired) electrons. The molecule has 1 aliphatic heterocycles. The molecule has 0 aliphatic carbocycles. The zero-order chi connectivity index (χ0) is 18.1. The fourth-order valence-electron chi connectivity index (χ4n) is 2.72. The largest absolute Gasteiger partial charge is 0.462 e. The Morgan fingerprint density at radius 2 is 2.04 bits per heavy atom. The Kier molecular flexibility index (Phi) is 4.37. The van der Waals surface area contributed by atoms with E-state index in [-0.39, 0.29) is 29.5 Å². The number of aromatic nitrogens is 2. The van der Waals surface area contributed by atoms with E-state index in [1.165, 1.54) is 0 Å². The van der Waals surface area contributed by atoms with Crippen molar-refractivity contribution in [3.8, 4) is 5.88 Å². The molecule has 1 atom stereocenters. The molecule has 1 aromatic heterocycles. The molecule has 130 valence electrons. The summed E-state index contributed by atoms with van der Waals surface area (Å²) in [6.07, 6.45) is 0. The average molecular weight is 364 g/mol. The molecular weight excluding hydrogens is 350 g/mol. The fourth-order valence-corrected chi connectivity index (χ4v) is 2.96. The highest BCUT2D eigenvalue weighted by Crippen LogP contribution is 2.41. The van der Waals surface area contributed by atoms with Gasteiger partial charge >= 0.3 is 11.7 Å². The minimum absolute atomic E-state index is 0.0185. The van der Waals surface area contributed by atoms with Gasteiger partial charge in [-0.2, -0.15) is 0 Å². The number of nitrogens with one attached hydrogen (secondary N) is 2. The van der Waals surface area contributed by atoms with Crippen LogP contribution >= 0.6 is 11.6 Å². The molecule has 2 aromatic rings. The number of rotatable bonds is 3. The Bertz CT molecular complexity index is 992. The summed E-state index contributed by atoms with van der Waals surface area (Å²) in [7, 11) is 0. The number of carbonyl (C=O) groups excluding carboxylic acids is 1. The summed E-state index contributed by atoms with van der Waals surface area (Å²) in [5.41, 5.74) is 4.84. The number of hydrogen-bond donors (Lipinski definition) is 3. The molecule has 2 heterocycles. The van der Waals surface area contributed by atoms with Crippen LogP contribution in [0.5, 0.6) is 5.88 Å². The van der Waals surface area contributed by atoms with E-state index in [1.807, 2.05) is 0 Å². The van der Waals surface area contributed by atoms with Crippen molar-refractivity contribution in [1.29, 1.82) is 0 Å². The van der Waals surface area contributed by atoms with Gasteiger partial charge in [-0.15, -0.1) is 0 Å². The predicted molar refractivity (Wildman–Crippen MR) is 89.5 cm³/mol. The molecule has 4 N–H and O–H groups in total.